The highest BCUT2D eigenvalue weighted by atomic mass is 16.0. The summed E-state index contributed by atoms with van der Waals surface area (Å²) >= 11 is 0. The number of unbranched alkanes of at least 4 members (excludes halogenated alkanes) is 5. The fourth-order valence-electron chi connectivity index (χ4n) is 3.63. The number of hydrogen-bond donors (Lipinski definition) is 0. The van der Waals surface area contributed by atoms with Gasteiger partial charge in [0.1, 0.15) is 5.69 Å². The van der Waals surface area contributed by atoms with Gasteiger partial charge in [-0.05, 0) is 44.7 Å². The lowest BCUT2D eigenvalue weighted by atomic mass is 10.1. The Kier molecular flexibility index (Phi) is 12.1. The Morgan fingerprint density at radius 2 is 1.17 bits per heavy atom. The van der Waals surface area contributed by atoms with Gasteiger partial charge in [0, 0.05) is 0 Å². The molecule has 1 aromatic carbocycles. The van der Waals surface area contributed by atoms with Gasteiger partial charge in [0.15, 0.2) is 0 Å². The first kappa shape index (κ1) is 22.1. The molecule has 1 N–H and O–H groups in total. The van der Waals surface area contributed by atoms with Crippen LogP contribution in [-0.4, -0.2) is 25.1 Å². The van der Waals surface area contributed by atoms with Crippen LogP contribution >= 0.6 is 0 Å². The molecule has 1 aromatic rings. The Morgan fingerprint density at radius 3 is 1.70 bits per heavy atom. The van der Waals surface area contributed by atoms with Crippen LogP contribution in [0.3, 0.4) is 0 Å². The van der Waals surface area contributed by atoms with Gasteiger partial charge < -0.3 is 5.48 Å². The second-order valence-electron chi connectivity index (χ2n) is 6.92. The van der Waals surface area contributed by atoms with E-state index in [9.17, 15) is 0 Å². The summed E-state index contributed by atoms with van der Waals surface area (Å²) in [5, 5.41) is 0. The van der Waals surface area contributed by atoms with Crippen molar-refractivity contribution >= 4 is 5.69 Å². The molecule has 0 amide bonds. The maximum absolute atomic E-state index is 2.37. The van der Waals surface area contributed by atoms with E-state index in [4.69, 9.17) is 0 Å². The van der Waals surface area contributed by atoms with E-state index < -0.39 is 0 Å². The van der Waals surface area contributed by atoms with Crippen molar-refractivity contribution < 1.29 is 5.48 Å². The van der Waals surface area contributed by atoms with Crippen molar-refractivity contribution in [3.05, 3.63) is 29.8 Å². The molecule has 134 valence electrons. The zero-order valence-corrected chi connectivity index (χ0v) is 16.0. The van der Waals surface area contributed by atoms with Gasteiger partial charge in [-0.15, -0.1) is 0 Å². The molecule has 0 aliphatic heterocycles. The first-order chi connectivity index (χ1) is 10.7. The molecule has 0 spiro atoms. The maximum Gasteiger partial charge on any atom is 0.132 e. The van der Waals surface area contributed by atoms with Crippen LogP contribution in [0.5, 0.6) is 0 Å². The van der Waals surface area contributed by atoms with E-state index in [1.807, 2.05) is 0 Å². The van der Waals surface area contributed by atoms with Gasteiger partial charge in [0.2, 0.25) is 0 Å². The smallest absolute Gasteiger partial charge is 0.132 e. The van der Waals surface area contributed by atoms with Crippen LogP contribution in [0.4, 0.5) is 5.69 Å². The average molecular weight is 322 g/mol. The molecule has 0 bridgehead atoms. The second kappa shape index (κ2) is 12.5. The van der Waals surface area contributed by atoms with E-state index in [1.54, 1.807) is 0 Å². The van der Waals surface area contributed by atoms with Crippen molar-refractivity contribution in [1.29, 1.82) is 0 Å². The molecule has 0 aliphatic rings. The molecule has 0 saturated heterocycles. The van der Waals surface area contributed by atoms with Crippen molar-refractivity contribution in [1.82, 2.24) is 4.48 Å². The zero-order chi connectivity index (χ0) is 16.3. The summed E-state index contributed by atoms with van der Waals surface area (Å²) in [6.45, 7) is 13.0. The summed E-state index contributed by atoms with van der Waals surface area (Å²) in [4.78, 5) is 0. The Hall–Kier alpha value is -0.860. The predicted molar refractivity (Wildman–Crippen MR) is 103 cm³/mol. The van der Waals surface area contributed by atoms with Gasteiger partial charge in [-0.25, -0.2) is 0 Å². The third-order valence-electron chi connectivity index (χ3n) is 4.82. The van der Waals surface area contributed by atoms with Gasteiger partial charge in [0.05, 0.1) is 19.6 Å². The molecular formula is C21H39NO. The van der Waals surface area contributed by atoms with Crippen LogP contribution in [-0.2, 0) is 0 Å². The number of benzene rings is 1. The van der Waals surface area contributed by atoms with E-state index in [0.29, 0.717) is 0 Å². The summed E-state index contributed by atoms with van der Waals surface area (Å²) in [5.74, 6) is 0. The van der Waals surface area contributed by atoms with Crippen LogP contribution in [0.25, 0.3) is 0 Å². The first-order valence-electron chi connectivity index (χ1n) is 9.61. The largest absolute Gasteiger partial charge is 0.870 e. The molecule has 0 radical (unpaired) electrons. The number of aryl methyl sites for hydroxylation is 1. The number of quaternary nitrogens is 1. The lowest BCUT2D eigenvalue weighted by molar-refractivity contribution is 0.265. The first-order valence-corrected chi connectivity index (χ1v) is 9.61. The molecular weight excluding hydrogens is 282 g/mol. The van der Waals surface area contributed by atoms with Crippen LogP contribution in [0.15, 0.2) is 24.3 Å². The van der Waals surface area contributed by atoms with Crippen LogP contribution in [0, 0.1) is 6.92 Å². The SMILES string of the molecule is CCCCCCCC[N+](CCC)(CCC)c1ccc(C)cc1.[OH-]. The summed E-state index contributed by atoms with van der Waals surface area (Å²) < 4.78 is 1.20. The fraction of sp³-hybridized carbons (Fsp3) is 0.714. The molecule has 0 aliphatic carbocycles. The van der Waals surface area contributed by atoms with E-state index in [0.717, 1.165) is 0 Å². The molecule has 0 unspecified atom stereocenters. The van der Waals surface area contributed by atoms with Gasteiger partial charge in [0.25, 0.3) is 0 Å². The molecule has 23 heavy (non-hydrogen) atoms. The molecule has 0 fully saturated rings. The number of nitrogens with zero attached hydrogens (tertiary/aromatic N) is 1. The minimum absolute atomic E-state index is 0. The normalized spacial score (nSPS) is 11.3. The van der Waals surface area contributed by atoms with Gasteiger partial charge in [-0.3, -0.25) is 4.48 Å². The third-order valence-corrected chi connectivity index (χ3v) is 4.82. The van der Waals surface area contributed by atoms with Gasteiger partial charge in [-0.1, -0.05) is 64.2 Å². The van der Waals surface area contributed by atoms with Crippen molar-refractivity contribution in [2.24, 2.45) is 0 Å². The van der Waals surface area contributed by atoms with Crippen LogP contribution in [0.1, 0.15) is 77.7 Å². The molecule has 0 heterocycles. The standard InChI is InChI=1S/C21H38N.H2O/c1-5-8-9-10-11-12-19-22(17-6-2,18-7-3)21-15-13-20(4)14-16-21;/h13-16H,5-12,17-19H2,1-4H3;1H2/q+1;/p-1. The second-order valence-corrected chi connectivity index (χ2v) is 6.92. The molecule has 2 nitrogen and oxygen atoms in total. The molecule has 0 atom stereocenters. The summed E-state index contributed by atoms with van der Waals surface area (Å²) in [6, 6.07) is 9.32. The highest BCUT2D eigenvalue weighted by molar-refractivity contribution is 5.44. The molecule has 2 heteroatoms. The minimum Gasteiger partial charge on any atom is -0.870 e. The molecule has 0 aromatic heterocycles. The average Bonchev–Trinajstić information content (AvgIpc) is 2.51. The van der Waals surface area contributed by atoms with Gasteiger partial charge in [-0.2, -0.15) is 0 Å². The Morgan fingerprint density at radius 1 is 0.652 bits per heavy atom. The van der Waals surface area contributed by atoms with Crippen molar-refractivity contribution in [3.8, 4) is 0 Å². The quantitative estimate of drug-likeness (QED) is 0.328. The van der Waals surface area contributed by atoms with Gasteiger partial charge >= 0.3 is 0 Å². The summed E-state index contributed by atoms with van der Waals surface area (Å²) in [6.07, 6.45) is 10.9. The Labute approximate surface area is 144 Å². The Balaban J connectivity index is 0.00000484. The van der Waals surface area contributed by atoms with Crippen LogP contribution < -0.4 is 4.48 Å². The van der Waals surface area contributed by atoms with E-state index in [1.165, 1.54) is 86.7 Å². The van der Waals surface area contributed by atoms with Crippen molar-refractivity contribution in [2.75, 3.05) is 19.6 Å². The van der Waals surface area contributed by atoms with Crippen LogP contribution in [0.2, 0.25) is 0 Å². The monoisotopic (exact) mass is 321 g/mol. The van der Waals surface area contributed by atoms with E-state index in [2.05, 4.69) is 52.0 Å². The highest BCUT2D eigenvalue weighted by Crippen LogP contribution is 2.26. The summed E-state index contributed by atoms with van der Waals surface area (Å²) in [7, 11) is 0. The van der Waals surface area contributed by atoms with Crippen molar-refractivity contribution in [2.45, 2.75) is 79.1 Å². The summed E-state index contributed by atoms with van der Waals surface area (Å²) in [5.41, 5.74) is 2.90. The number of rotatable bonds is 12. The maximum atomic E-state index is 2.37. The molecule has 1 rings (SSSR count). The van der Waals surface area contributed by atoms with E-state index >= 15 is 0 Å². The topological polar surface area (TPSA) is 30.0 Å². The zero-order valence-electron chi connectivity index (χ0n) is 16.0. The fourth-order valence-corrected chi connectivity index (χ4v) is 3.63. The lowest BCUT2D eigenvalue weighted by Gasteiger charge is -2.38. The Bertz CT molecular complexity index is 379. The third kappa shape index (κ3) is 7.50. The number of hydrogen-bond acceptors (Lipinski definition) is 1. The lowest BCUT2D eigenvalue weighted by Crippen LogP contribution is -2.51. The highest BCUT2D eigenvalue weighted by Gasteiger charge is 2.27. The van der Waals surface area contributed by atoms with Crippen molar-refractivity contribution in [3.63, 3.8) is 0 Å². The minimum atomic E-state index is 0. The predicted octanol–water partition coefficient (Wildman–Crippen LogP) is 6.31. The molecule has 0 saturated carbocycles. The van der Waals surface area contributed by atoms with E-state index in [-0.39, 0.29) is 5.48 Å².